The number of carboxylic acids is 1. The van der Waals surface area contributed by atoms with Crippen molar-refractivity contribution >= 4 is 24.1 Å². The molecule has 1 aromatic carbocycles. The normalized spacial score (nSPS) is 13.9. The number of benzene rings is 1. The molecule has 0 aliphatic carbocycles. The van der Waals surface area contributed by atoms with Crippen LogP contribution in [-0.2, 0) is 30.3 Å². The minimum absolute atomic E-state index is 0.00643. The van der Waals surface area contributed by atoms with Crippen LogP contribution in [0.4, 0.5) is 4.79 Å². The Balaban J connectivity index is 3.12. The lowest BCUT2D eigenvalue weighted by Crippen LogP contribution is -2.52. The fourth-order valence-electron chi connectivity index (χ4n) is 3.61. The Labute approximate surface area is 237 Å². The maximum absolute atomic E-state index is 12.5. The number of ether oxygens (including phenoxy) is 4. The molecule has 3 N–H and O–H groups in total. The molecule has 0 amide bonds. The van der Waals surface area contributed by atoms with Gasteiger partial charge in [0.05, 0.1) is 6.61 Å². The van der Waals surface area contributed by atoms with Gasteiger partial charge < -0.3 is 29.8 Å². The molecule has 10 nitrogen and oxygen atoms in total. The van der Waals surface area contributed by atoms with Crippen molar-refractivity contribution in [2.24, 2.45) is 23.0 Å². The van der Waals surface area contributed by atoms with Gasteiger partial charge in [-0.3, -0.25) is 14.4 Å². The van der Waals surface area contributed by atoms with Gasteiger partial charge in [0.1, 0.15) is 11.6 Å². The second-order valence-electron chi connectivity index (χ2n) is 12.5. The SMILES string of the molecule is CC(C)CCC(=O)Oc1ccc(CC(N)(C[C@H](C)OC(=O)OCC(C)(C)C)C(=O)O)cc1OC(=O)CCC(C)C. The maximum atomic E-state index is 12.5. The van der Waals surface area contributed by atoms with E-state index < -0.39 is 35.7 Å². The van der Waals surface area contributed by atoms with Gasteiger partial charge in [0.15, 0.2) is 11.5 Å². The summed E-state index contributed by atoms with van der Waals surface area (Å²) in [4.78, 5) is 49.1. The van der Waals surface area contributed by atoms with Crippen LogP contribution in [0.3, 0.4) is 0 Å². The van der Waals surface area contributed by atoms with Crippen LogP contribution in [0.5, 0.6) is 11.5 Å². The number of esters is 2. The molecular weight excluding hydrogens is 518 g/mol. The van der Waals surface area contributed by atoms with E-state index >= 15 is 0 Å². The van der Waals surface area contributed by atoms with Crippen LogP contribution >= 0.6 is 0 Å². The second-order valence-corrected chi connectivity index (χ2v) is 12.5. The topological polar surface area (TPSA) is 151 Å². The Morgan fingerprint density at radius 2 is 1.40 bits per heavy atom. The Bertz CT molecular complexity index is 1010. The first-order valence-corrected chi connectivity index (χ1v) is 13.8. The van der Waals surface area contributed by atoms with Crippen LogP contribution < -0.4 is 15.2 Å². The van der Waals surface area contributed by atoms with Crippen LogP contribution in [0.2, 0.25) is 0 Å². The molecule has 0 bridgehead atoms. The summed E-state index contributed by atoms with van der Waals surface area (Å²) in [5.41, 5.74) is 4.64. The number of aliphatic carboxylic acids is 1. The van der Waals surface area contributed by atoms with Gasteiger partial charge in [-0.15, -0.1) is 0 Å². The summed E-state index contributed by atoms with van der Waals surface area (Å²) in [6.45, 7) is 15.3. The third-order valence-corrected chi connectivity index (χ3v) is 5.82. The van der Waals surface area contributed by atoms with E-state index in [1.165, 1.54) is 19.1 Å². The summed E-state index contributed by atoms with van der Waals surface area (Å²) < 4.78 is 21.3. The number of carbonyl (C=O) groups excluding carboxylic acids is 3. The van der Waals surface area contributed by atoms with Crippen molar-refractivity contribution in [1.29, 1.82) is 0 Å². The summed E-state index contributed by atoms with van der Waals surface area (Å²) in [5.74, 6) is -1.61. The van der Waals surface area contributed by atoms with Gasteiger partial charge in [0.2, 0.25) is 0 Å². The monoisotopic (exact) mass is 565 g/mol. The highest BCUT2D eigenvalue weighted by Gasteiger charge is 2.37. The van der Waals surface area contributed by atoms with Crippen LogP contribution in [0.1, 0.15) is 93.1 Å². The van der Waals surface area contributed by atoms with Gasteiger partial charge in [-0.05, 0) is 54.7 Å². The predicted molar refractivity (Wildman–Crippen MR) is 150 cm³/mol. The van der Waals surface area contributed by atoms with Gasteiger partial charge in [0, 0.05) is 25.7 Å². The first kappa shape index (κ1) is 34.9. The fraction of sp³-hybridized carbons (Fsp3) is 0.667. The fourth-order valence-corrected chi connectivity index (χ4v) is 3.61. The summed E-state index contributed by atoms with van der Waals surface area (Å²) >= 11 is 0. The van der Waals surface area contributed by atoms with Gasteiger partial charge in [-0.2, -0.15) is 0 Å². The minimum atomic E-state index is -1.82. The molecule has 1 rings (SSSR count). The van der Waals surface area contributed by atoms with Crippen molar-refractivity contribution in [2.75, 3.05) is 6.61 Å². The van der Waals surface area contributed by atoms with Crippen molar-refractivity contribution in [1.82, 2.24) is 0 Å². The Kier molecular flexibility index (Phi) is 13.6. The standard InChI is InChI=1S/C30H47NO9/c1-19(2)9-13-25(32)39-23-12-11-22(15-24(23)40-26(33)14-10-20(3)4)17-30(31,27(34)35)16-21(5)38-28(36)37-18-29(6,7)8/h11-12,15,19-21H,9-10,13-14,16-18,31H2,1-8H3,(H,34,35)/t21-,30?/m0/s1. The van der Waals surface area contributed by atoms with E-state index in [0.29, 0.717) is 24.3 Å². The van der Waals surface area contributed by atoms with E-state index in [4.69, 9.17) is 24.7 Å². The van der Waals surface area contributed by atoms with Crippen molar-refractivity contribution < 1.29 is 43.2 Å². The molecule has 1 unspecified atom stereocenters. The highest BCUT2D eigenvalue weighted by molar-refractivity contribution is 5.79. The molecule has 226 valence electrons. The minimum Gasteiger partial charge on any atom is -0.480 e. The van der Waals surface area contributed by atoms with Crippen molar-refractivity contribution in [3.8, 4) is 11.5 Å². The highest BCUT2D eigenvalue weighted by atomic mass is 16.7. The number of rotatable bonds is 15. The van der Waals surface area contributed by atoms with E-state index in [0.717, 1.165) is 0 Å². The first-order chi connectivity index (χ1) is 18.4. The van der Waals surface area contributed by atoms with Crippen LogP contribution in [0, 0.1) is 17.3 Å². The molecule has 0 heterocycles. The van der Waals surface area contributed by atoms with Crippen molar-refractivity contribution in [3.63, 3.8) is 0 Å². The van der Waals surface area contributed by atoms with Crippen molar-refractivity contribution in [3.05, 3.63) is 23.8 Å². The van der Waals surface area contributed by atoms with E-state index in [1.54, 1.807) is 6.07 Å². The summed E-state index contributed by atoms with van der Waals surface area (Å²) in [5, 5.41) is 9.95. The molecule has 10 heteroatoms. The summed E-state index contributed by atoms with van der Waals surface area (Å²) in [6, 6.07) is 4.47. The molecule has 0 saturated heterocycles. The highest BCUT2D eigenvalue weighted by Crippen LogP contribution is 2.32. The molecule has 0 saturated carbocycles. The Hall–Kier alpha value is -3.14. The van der Waals surface area contributed by atoms with Gasteiger partial charge >= 0.3 is 24.1 Å². The number of carbonyl (C=O) groups is 4. The molecule has 0 radical (unpaired) electrons. The molecule has 40 heavy (non-hydrogen) atoms. The molecule has 1 aromatic rings. The van der Waals surface area contributed by atoms with Gasteiger partial charge in [-0.25, -0.2) is 4.79 Å². The third kappa shape index (κ3) is 13.8. The van der Waals surface area contributed by atoms with Crippen molar-refractivity contribution in [2.45, 2.75) is 106 Å². The lowest BCUT2D eigenvalue weighted by atomic mass is 9.86. The zero-order valence-corrected chi connectivity index (χ0v) is 25.2. The number of carboxylic acid groups (broad SMARTS) is 1. The lowest BCUT2D eigenvalue weighted by molar-refractivity contribution is -0.144. The largest absolute Gasteiger partial charge is 0.508 e. The predicted octanol–water partition coefficient (Wildman–Crippen LogP) is 5.67. The van der Waals surface area contributed by atoms with Crippen LogP contribution in [0.25, 0.3) is 0 Å². The molecule has 2 atom stereocenters. The Morgan fingerprint density at radius 3 is 1.88 bits per heavy atom. The second kappa shape index (κ2) is 15.6. The average molecular weight is 566 g/mol. The lowest BCUT2D eigenvalue weighted by Gasteiger charge is -2.28. The average Bonchev–Trinajstić information content (AvgIpc) is 2.81. The molecule has 0 spiro atoms. The quantitative estimate of drug-likeness (QED) is 0.201. The molecule has 0 aliphatic heterocycles. The van der Waals surface area contributed by atoms with Gasteiger partial charge in [0.25, 0.3) is 0 Å². The molecule has 0 aliphatic rings. The molecule has 0 fully saturated rings. The van der Waals surface area contributed by atoms with E-state index in [-0.39, 0.29) is 55.1 Å². The summed E-state index contributed by atoms with van der Waals surface area (Å²) in [6.07, 6.45) is -0.535. The first-order valence-electron chi connectivity index (χ1n) is 13.8. The van der Waals surface area contributed by atoms with E-state index in [9.17, 15) is 24.3 Å². The number of hydrogen-bond acceptors (Lipinski definition) is 9. The maximum Gasteiger partial charge on any atom is 0.508 e. The smallest absolute Gasteiger partial charge is 0.480 e. The molecular formula is C30H47NO9. The molecule has 0 aromatic heterocycles. The van der Waals surface area contributed by atoms with Crippen LogP contribution in [-0.4, -0.2) is 47.4 Å². The van der Waals surface area contributed by atoms with E-state index in [1.807, 2.05) is 48.5 Å². The van der Waals surface area contributed by atoms with Crippen LogP contribution in [0.15, 0.2) is 18.2 Å². The third-order valence-electron chi connectivity index (χ3n) is 5.82. The van der Waals surface area contributed by atoms with E-state index in [2.05, 4.69) is 0 Å². The number of hydrogen-bond donors (Lipinski definition) is 2. The summed E-state index contributed by atoms with van der Waals surface area (Å²) in [7, 11) is 0. The number of nitrogens with two attached hydrogens (primary N) is 1. The van der Waals surface area contributed by atoms with Gasteiger partial charge in [-0.1, -0.05) is 54.5 Å². The Morgan fingerprint density at radius 1 is 0.875 bits per heavy atom. The zero-order chi connectivity index (χ0) is 30.7. The zero-order valence-electron chi connectivity index (χ0n) is 25.2.